The average Bonchev–Trinajstić information content (AvgIpc) is 3.13. The Labute approximate surface area is 137 Å². The first-order valence-electron chi connectivity index (χ1n) is 7.27. The summed E-state index contributed by atoms with van der Waals surface area (Å²) in [6.45, 7) is 0. The lowest BCUT2D eigenvalue weighted by atomic mass is 9.98. The second kappa shape index (κ2) is 5.12. The smallest absolute Gasteiger partial charge is 0.199 e. The van der Waals surface area contributed by atoms with Crippen molar-refractivity contribution in [3.63, 3.8) is 0 Å². The first-order valence-corrected chi connectivity index (χ1v) is 7.27. The Morgan fingerprint density at radius 1 is 0.958 bits per heavy atom. The van der Waals surface area contributed by atoms with Crippen molar-refractivity contribution in [2.75, 3.05) is 0 Å². The van der Waals surface area contributed by atoms with Crippen molar-refractivity contribution < 1.29 is 5.11 Å². The number of hydrogen-bond acceptors (Lipinski definition) is 4. The lowest BCUT2D eigenvalue weighted by Crippen LogP contribution is -2.00. The minimum atomic E-state index is -0.0446. The van der Waals surface area contributed by atoms with Crippen LogP contribution in [0, 0.1) is 22.7 Å². The minimum absolute atomic E-state index is 0.0152. The number of aliphatic imine (C=N–C) groups is 1. The number of aromatic hydroxyl groups is 1. The molecular formula is C19H10N4O. The Kier molecular flexibility index (Phi) is 2.94. The number of para-hydroxylation sites is 1. The standard InChI is InChI=1S/C19H10N4O/c20-9-11(10-21)17-12-5-1-2-6-13(12)18(23-17)16-14-7-3-4-8-15(14)22-19(16)24/h1-8,22,24H. The quantitative estimate of drug-likeness (QED) is 0.673. The molecule has 1 aliphatic rings. The molecule has 5 nitrogen and oxygen atoms in total. The lowest BCUT2D eigenvalue weighted by molar-refractivity contribution is 0.457. The lowest BCUT2D eigenvalue weighted by Gasteiger charge is -2.02. The molecule has 0 fully saturated rings. The zero-order valence-electron chi connectivity index (χ0n) is 12.4. The molecule has 0 radical (unpaired) electrons. The number of nitriles is 2. The van der Waals surface area contributed by atoms with Crippen molar-refractivity contribution in [1.82, 2.24) is 4.98 Å². The SMILES string of the molecule is N#CC(C#N)=C1N=C(c2c(O)[nH]c3ccccc23)c2ccccc21. The molecule has 0 aliphatic carbocycles. The van der Waals surface area contributed by atoms with E-state index in [2.05, 4.69) is 9.98 Å². The predicted octanol–water partition coefficient (Wildman–Crippen LogP) is 3.48. The third-order valence-electron chi connectivity index (χ3n) is 4.04. The van der Waals surface area contributed by atoms with Crippen LogP contribution in [0.3, 0.4) is 0 Å². The van der Waals surface area contributed by atoms with Gasteiger partial charge in [0.2, 0.25) is 0 Å². The van der Waals surface area contributed by atoms with Crippen LogP contribution in [0.25, 0.3) is 16.6 Å². The molecule has 0 saturated carbocycles. The summed E-state index contributed by atoms with van der Waals surface area (Å²) in [6, 6.07) is 18.7. The maximum Gasteiger partial charge on any atom is 0.199 e. The molecule has 1 aromatic heterocycles. The highest BCUT2D eigenvalue weighted by Crippen LogP contribution is 2.38. The van der Waals surface area contributed by atoms with Crippen LogP contribution >= 0.6 is 0 Å². The number of hydrogen-bond donors (Lipinski definition) is 2. The fraction of sp³-hybridized carbons (Fsp3) is 0. The maximum absolute atomic E-state index is 10.4. The molecule has 3 aromatic rings. The highest BCUT2D eigenvalue weighted by Gasteiger charge is 2.27. The summed E-state index contributed by atoms with van der Waals surface area (Å²) in [6.07, 6.45) is 0. The van der Waals surface area contributed by atoms with Gasteiger partial charge in [-0.1, -0.05) is 42.5 Å². The molecule has 0 spiro atoms. The van der Waals surface area contributed by atoms with E-state index in [1.165, 1.54) is 0 Å². The van der Waals surface area contributed by atoms with E-state index in [4.69, 9.17) is 0 Å². The molecule has 112 valence electrons. The van der Waals surface area contributed by atoms with E-state index < -0.39 is 0 Å². The van der Waals surface area contributed by atoms with Gasteiger partial charge in [-0.15, -0.1) is 0 Å². The summed E-state index contributed by atoms with van der Waals surface area (Å²) in [5, 5.41) is 29.6. The van der Waals surface area contributed by atoms with Crippen LogP contribution in [0.2, 0.25) is 0 Å². The van der Waals surface area contributed by atoms with Gasteiger partial charge in [0.15, 0.2) is 11.5 Å². The number of nitrogens with one attached hydrogen (secondary N) is 1. The Hall–Kier alpha value is -3.83. The molecule has 0 atom stereocenters. The normalized spacial score (nSPS) is 12.4. The highest BCUT2D eigenvalue weighted by molar-refractivity contribution is 6.26. The van der Waals surface area contributed by atoms with Crippen molar-refractivity contribution in [3.8, 4) is 18.0 Å². The molecule has 2 heterocycles. The van der Waals surface area contributed by atoms with Gasteiger partial charge in [0, 0.05) is 22.0 Å². The van der Waals surface area contributed by atoms with Crippen LogP contribution < -0.4 is 0 Å². The van der Waals surface area contributed by atoms with Crippen molar-refractivity contribution >= 4 is 22.3 Å². The molecule has 2 N–H and O–H groups in total. The van der Waals surface area contributed by atoms with E-state index in [1.807, 2.05) is 60.7 Å². The number of allylic oxidation sites excluding steroid dienone is 1. The summed E-state index contributed by atoms with van der Waals surface area (Å²) in [7, 11) is 0. The Morgan fingerprint density at radius 2 is 1.62 bits per heavy atom. The van der Waals surface area contributed by atoms with Gasteiger partial charge in [0.1, 0.15) is 17.8 Å². The second-order valence-electron chi connectivity index (χ2n) is 5.35. The molecule has 0 unspecified atom stereocenters. The first-order chi connectivity index (χ1) is 11.7. The molecule has 24 heavy (non-hydrogen) atoms. The summed E-state index contributed by atoms with van der Waals surface area (Å²) < 4.78 is 0. The molecule has 2 aromatic carbocycles. The van der Waals surface area contributed by atoms with Crippen LogP contribution in [0.5, 0.6) is 5.88 Å². The number of fused-ring (bicyclic) bond motifs is 2. The summed E-state index contributed by atoms with van der Waals surface area (Å²) >= 11 is 0. The largest absolute Gasteiger partial charge is 0.494 e. The molecule has 4 rings (SSSR count). The van der Waals surface area contributed by atoms with Gasteiger partial charge in [0.05, 0.1) is 11.3 Å². The van der Waals surface area contributed by atoms with Gasteiger partial charge in [0.25, 0.3) is 0 Å². The molecular weight excluding hydrogens is 300 g/mol. The number of rotatable bonds is 1. The molecule has 0 saturated heterocycles. The van der Waals surface area contributed by atoms with Crippen molar-refractivity contribution in [1.29, 1.82) is 10.5 Å². The van der Waals surface area contributed by atoms with E-state index in [0.717, 1.165) is 22.0 Å². The van der Waals surface area contributed by atoms with Crippen LogP contribution in [-0.2, 0) is 0 Å². The van der Waals surface area contributed by atoms with Crippen molar-refractivity contribution in [3.05, 3.63) is 70.8 Å². The molecule has 0 bridgehead atoms. The Morgan fingerprint density at radius 3 is 2.38 bits per heavy atom. The van der Waals surface area contributed by atoms with Crippen LogP contribution in [0.15, 0.2) is 59.1 Å². The van der Waals surface area contributed by atoms with E-state index in [-0.39, 0.29) is 11.5 Å². The predicted molar refractivity (Wildman–Crippen MR) is 90.2 cm³/mol. The maximum atomic E-state index is 10.4. The average molecular weight is 310 g/mol. The van der Waals surface area contributed by atoms with Gasteiger partial charge < -0.3 is 10.1 Å². The van der Waals surface area contributed by atoms with Gasteiger partial charge in [-0.2, -0.15) is 10.5 Å². The number of H-pyrrole nitrogens is 1. The molecule has 5 heteroatoms. The molecule has 1 aliphatic heterocycles. The summed E-state index contributed by atoms with van der Waals surface area (Å²) in [4.78, 5) is 7.46. The van der Waals surface area contributed by atoms with Crippen molar-refractivity contribution in [2.45, 2.75) is 0 Å². The zero-order valence-corrected chi connectivity index (χ0v) is 12.4. The van der Waals surface area contributed by atoms with Gasteiger partial charge in [-0.25, -0.2) is 4.99 Å². The Balaban J connectivity index is 2.08. The Bertz CT molecular complexity index is 1120. The first kappa shape index (κ1) is 13.8. The van der Waals surface area contributed by atoms with E-state index in [0.29, 0.717) is 17.0 Å². The fourth-order valence-corrected chi connectivity index (χ4v) is 3.01. The number of benzene rings is 2. The van der Waals surface area contributed by atoms with Gasteiger partial charge >= 0.3 is 0 Å². The summed E-state index contributed by atoms with van der Waals surface area (Å²) in [5.41, 5.74) is 3.73. The van der Waals surface area contributed by atoms with Crippen LogP contribution in [0.4, 0.5) is 0 Å². The number of aromatic nitrogens is 1. The summed E-state index contributed by atoms with van der Waals surface area (Å²) in [5.74, 6) is 0.0152. The van der Waals surface area contributed by atoms with E-state index >= 15 is 0 Å². The minimum Gasteiger partial charge on any atom is -0.494 e. The number of nitrogens with zero attached hydrogens (tertiary/aromatic N) is 3. The van der Waals surface area contributed by atoms with Crippen LogP contribution in [-0.4, -0.2) is 15.8 Å². The monoisotopic (exact) mass is 310 g/mol. The van der Waals surface area contributed by atoms with Crippen LogP contribution in [0.1, 0.15) is 16.7 Å². The zero-order chi connectivity index (χ0) is 16.7. The number of aromatic amines is 1. The van der Waals surface area contributed by atoms with E-state index in [1.54, 1.807) is 0 Å². The van der Waals surface area contributed by atoms with Gasteiger partial charge in [-0.3, -0.25) is 0 Å². The fourth-order valence-electron chi connectivity index (χ4n) is 3.01. The third-order valence-corrected chi connectivity index (χ3v) is 4.04. The highest BCUT2D eigenvalue weighted by atomic mass is 16.3. The second-order valence-corrected chi connectivity index (χ2v) is 5.35. The van der Waals surface area contributed by atoms with Gasteiger partial charge in [-0.05, 0) is 6.07 Å². The molecule has 0 amide bonds. The third kappa shape index (κ3) is 1.83. The van der Waals surface area contributed by atoms with Crippen molar-refractivity contribution in [2.24, 2.45) is 4.99 Å². The topological polar surface area (TPSA) is 96.0 Å². The van der Waals surface area contributed by atoms with E-state index in [9.17, 15) is 15.6 Å².